The third-order valence-electron chi connectivity index (χ3n) is 5.90. The molecule has 4 nitrogen and oxygen atoms in total. The molecule has 0 aromatic rings. The number of carbonyl (C=O) groups is 2. The van der Waals surface area contributed by atoms with Gasteiger partial charge in [0.1, 0.15) is 5.76 Å². The van der Waals surface area contributed by atoms with Crippen molar-refractivity contribution in [1.82, 2.24) is 0 Å². The standard InChI is InChI=1S/C18H24O4/c1-11-16(12-7-5-4-6-8-12)13-10-18(11,17(20)22-3)15(19)9-14(13)21-2/h9,12-13,16H,1,4-8,10H2,2-3H3/t13-,16?,18-/m1/s1. The van der Waals surface area contributed by atoms with Crippen LogP contribution < -0.4 is 0 Å². The number of methoxy groups -OCH3 is 2. The van der Waals surface area contributed by atoms with Crippen LogP contribution in [0.5, 0.6) is 0 Å². The van der Waals surface area contributed by atoms with Gasteiger partial charge < -0.3 is 9.47 Å². The molecule has 3 rings (SSSR count). The van der Waals surface area contributed by atoms with Crippen molar-refractivity contribution in [1.29, 1.82) is 0 Å². The molecule has 4 heteroatoms. The lowest BCUT2D eigenvalue weighted by atomic mass is 9.72. The van der Waals surface area contributed by atoms with Gasteiger partial charge in [0.05, 0.1) is 14.2 Å². The summed E-state index contributed by atoms with van der Waals surface area (Å²) in [5, 5.41) is 0. The Morgan fingerprint density at radius 3 is 2.55 bits per heavy atom. The molecule has 3 atom stereocenters. The van der Waals surface area contributed by atoms with Gasteiger partial charge in [0.15, 0.2) is 11.2 Å². The molecule has 3 aliphatic rings. The Labute approximate surface area is 131 Å². The van der Waals surface area contributed by atoms with Crippen LogP contribution in [0.2, 0.25) is 0 Å². The largest absolute Gasteiger partial charge is 0.501 e. The number of rotatable bonds is 3. The molecule has 120 valence electrons. The van der Waals surface area contributed by atoms with Crippen LogP contribution in [0.15, 0.2) is 24.0 Å². The van der Waals surface area contributed by atoms with Gasteiger partial charge >= 0.3 is 5.97 Å². The summed E-state index contributed by atoms with van der Waals surface area (Å²) in [5.74, 6) is 0.739. The Hall–Kier alpha value is -1.58. The molecule has 0 aromatic carbocycles. The van der Waals surface area contributed by atoms with Crippen molar-refractivity contribution in [2.75, 3.05) is 14.2 Å². The first-order chi connectivity index (χ1) is 10.6. The maximum absolute atomic E-state index is 12.7. The summed E-state index contributed by atoms with van der Waals surface area (Å²) in [6, 6.07) is 0. The number of esters is 1. The minimum absolute atomic E-state index is 0.0809. The van der Waals surface area contributed by atoms with E-state index in [1.54, 1.807) is 7.11 Å². The van der Waals surface area contributed by atoms with Crippen LogP contribution in [0.4, 0.5) is 0 Å². The molecule has 0 radical (unpaired) electrons. The predicted octanol–water partition coefficient (Wildman–Crippen LogP) is 3.03. The molecule has 2 fully saturated rings. The highest BCUT2D eigenvalue weighted by Gasteiger charge is 2.62. The van der Waals surface area contributed by atoms with E-state index >= 15 is 0 Å². The van der Waals surface area contributed by atoms with E-state index in [1.165, 1.54) is 32.4 Å². The normalized spacial score (nSPS) is 35.3. The number of carbonyl (C=O) groups excluding carboxylic acids is 2. The number of ketones is 1. The molecule has 2 saturated carbocycles. The molecular formula is C18H24O4. The lowest BCUT2D eigenvalue weighted by molar-refractivity contribution is -0.154. The molecule has 0 aromatic heterocycles. The molecule has 0 saturated heterocycles. The quantitative estimate of drug-likeness (QED) is 0.457. The van der Waals surface area contributed by atoms with Crippen molar-refractivity contribution in [2.45, 2.75) is 38.5 Å². The van der Waals surface area contributed by atoms with E-state index in [2.05, 4.69) is 6.58 Å². The van der Waals surface area contributed by atoms with E-state index in [1.807, 2.05) is 0 Å². The second-order valence-electron chi connectivity index (χ2n) is 6.77. The maximum Gasteiger partial charge on any atom is 0.323 e. The summed E-state index contributed by atoms with van der Waals surface area (Å²) < 4.78 is 10.4. The monoisotopic (exact) mass is 304 g/mol. The molecule has 2 bridgehead atoms. The SMILES string of the molecule is C=C1C(C2CCCCC2)[C@@H]2C[C@]1(C(=O)OC)C(=O)C=C2OC. The van der Waals surface area contributed by atoms with Gasteiger partial charge in [-0.05, 0) is 36.7 Å². The number of allylic oxidation sites excluding steroid dienone is 2. The zero-order valence-corrected chi connectivity index (χ0v) is 13.4. The summed E-state index contributed by atoms with van der Waals surface area (Å²) >= 11 is 0. The van der Waals surface area contributed by atoms with Crippen molar-refractivity contribution < 1.29 is 19.1 Å². The van der Waals surface area contributed by atoms with Gasteiger partial charge in [0.2, 0.25) is 0 Å². The van der Waals surface area contributed by atoms with Crippen LogP contribution in [0, 0.1) is 23.2 Å². The van der Waals surface area contributed by atoms with Crippen LogP contribution in [0.25, 0.3) is 0 Å². The maximum atomic E-state index is 12.7. The van der Waals surface area contributed by atoms with E-state index in [-0.39, 0.29) is 17.6 Å². The second kappa shape index (κ2) is 5.56. The fourth-order valence-electron chi connectivity index (χ4n) is 4.82. The molecular weight excluding hydrogens is 280 g/mol. The molecule has 1 unspecified atom stereocenters. The van der Waals surface area contributed by atoms with Crippen LogP contribution in [-0.4, -0.2) is 26.0 Å². The Morgan fingerprint density at radius 2 is 1.95 bits per heavy atom. The fourth-order valence-corrected chi connectivity index (χ4v) is 4.82. The first kappa shape index (κ1) is 15.3. The van der Waals surface area contributed by atoms with Crippen molar-refractivity contribution in [3.8, 4) is 0 Å². The highest BCUT2D eigenvalue weighted by Crippen LogP contribution is 2.59. The summed E-state index contributed by atoms with van der Waals surface area (Å²) in [6.45, 7) is 4.20. The topological polar surface area (TPSA) is 52.6 Å². The number of hydrogen-bond donors (Lipinski definition) is 0. The van der Waals surface area contributed by atoms with Crippen LogP contribution >= 0.6 is 0 Å². The van der Waals surface area contributed by atoms with Gasteiger partial charge in [-0.2, -0.15) is 0 Å². The predicted molar refractivity (Wildman–Crippen MR) is 81.9 cm³/mol. The second-order valence-corrected chi connectivity index (χ2v) is 6.77. The number of hydrogen-bond acceptors (Lipinski definition) is 4. The summed E-state index contributed by atoms with van der Waals surface area (Å²) in [5.41, 5.74) is -0.423. The Kier molecular flexibility index (Phi) is 3.87. The van der Waals surface area contributed by atoms with Gasteiger partial charge in [-0.3, -0.25) is 9.59 Å². The zero-order chi connectivity index (χ0) is 15.9. The van der Waals surface area contributed by atoms with E-state index < -0.39 is 11.4 Å². The number of ether oxygens (including phenoxy) is 2. The first-order valence-electron chi connectivity index (χ1n) is 8.14. The van der Waals surface area contributed by atoms with Gasteiger partial charge in [-0.25, -0.2) is 0 Å². The zero-order valence-electron chi connectivity index (χ0n) is 13.4. The van der Waals surface area contributed by atoms with Crippen molar-refractivity contribution in [2.24, 2.45) is 23.2 Å². The van der Waals surface area contributed by atoms with E-state index in [9.17, 15) is 9.59 Å². The van der Waals surface area contributed by atoms with Gasteiger partial charge in [-0.1, -0.05) is 25.8 Å². The summed E-state index contributed by atoms with van der Waals surface area (Å²) in [7, 11) is 2.94. The van der Waals surface area contributed by atoms with E-state index in [0.717, 1.165) is 18.4 Å². The molecule has 22 heavy (non-hydrogen) atoms. The van der Waals surface area contributed by atoms with Crippen LogP contribution in [-0.2, 0) is 19.1 Å². The Morgan fingerprint density at radius 1 is 1.27 bits per heavy atom. The smallest absolute Gasteiger partial charge is 0.323 e. The molecule has 0 N–H and O–H groups in total. The average molecular weight is 304 g/mol. The first-order valence-corrected chi connectivity index (χ1v) is 8.14. The third kappa shape index (κ3) is 1.96. The minimum atomic E-state index is -1.18. The van der Waals surface area contributed by atoms with Crippen molar-refractivity contribution in [3.63, 3.8) is 0 Å². The summed E-state index contributed by atoms with van der Waals surface area (Å²) in [6.07, 6.45) is 7.94. The molecule has 3 aliphatic carbocycles. The highest BCUT2D eigenvalue weighted by atomic mass is 16.5. The van der Waals surface area contributed by atoms with E-state index in [4.69, 9.17) is 9.47 Å². The lowest BCUT2D eigenvalue weighted by Crippen LogP contribution is -2.40. The van der Waals surface area contributed by atoms with Crippen molar-refractivity contribution in [3.05, 3.63) is 24.0 Å². The van der Waals surface area contributed by atoms with Gasteiger partial charge in [0.25, 0.3) is 0 Å². The van der Waals surface area contributed by atoms with E-state index in [0.29, 0.717) is 18.1 Å². The Balaban J connectivity index is 2.03. The van der Waals surface area contributed by atoms with Gasteiger partial charge in [-0.15, -0.1) is 0 Å². The third-order valence-corrected chi connectivity index (χ3v) is 5.90. The molecule has 0 amide bonds. The van der Waals surface area contributed by atoms with Gasteiger partial charge in [0, 0.05) is 12.0 Å². The highest BCUT2D eigenvalue weighted by molar-refractivity contribution is 6.13. The van der Waals surface area contributed by atoms with Crippen LogP contribution in [0.1, 0.15) is 38.5 Å². The van der Waals surface area contributed by atoms with Crippen molar-refractivity contribution >= 4 is 11.8 Å². The molecule has 0 heterocycles. The molecule has 0 spiro atoms. The summed E-state index contributed by atoms with van der Waals surface area (Å²) in [4.78, 5) is 25.1. The fraction of sp³-hybridized carbons (Fsp3) is 0.667. The molecule has 0 aliphatic heterocycles. The lowest BCUT2D eigenvalue weighted by Gasteiger charge is -2.32. The van der Waals surface area contributed by atoms with Crippen LogP contribution in [0.3, 0.4) is 0 Å². The number of fused-ring (bicyclic) bond motifs is 2. The average Bonchev–Trinajstić information content (AvgIpc) is 2.82. The Bertz CT molecular complexity index is 541. The minimum Gasteiger partial charge on any atom is -0.501 e.